The third-order valence-electron chi connectivity index (χ3n) is 2.57. The number of sulfonamides is 1. The second-order valence-corrected chi connectivity index (χ2v) is 6.24. The summed E-state index contributed by atoms with van der Waals surface area (Å²) in [6.07, 6.45) is 0. The number of hydrogen-bond donors (Lipinski definition) is 2. The van der Waals surface area contributed by atoms with Gasteiger partial charge in [0, 0.05) is 10.7 Å². The van der Waals surface area contributed by atoms with Gasteiger partial charge in [0.05, 0.1) is 5.69 Å². The Kier molecular flexibility index (Phi) is 3.68. The van der Waals surface area contributed by atoms with Crippen LogP contribution in [0.3, 0.4) is 0 Å². The van der Waals surface area contributed by atoms with Crippen LogP contribution in [0.4, 0.5) is 11.4 Å². The molecule has 0 saturated carbocycles. The molecule has 0 aromatic heterocycles. The highest BCUT2D eigenvalue weighted by molar-refractivity contribution is 7.92. The molecule has 0 amide bonds. The van der Waals surface area contributed by atoms with Gasteiger partial charge in [-0.05, 0) is 37.3 Å². The van der Waals surface area contributed by atoms with E-state index in [0.717, 1.165) is 5.56 Å². The Morgan fingerprint density at radius 2 is 1.74 bits per heavy atom. The van der Waals surface area contributed by atoms with Gasteiger partial charge in [0.15, 0.2) is 0 Å². The van der Waals surface area contributed by atoms with Crippen molar-refractivity contribution in [3.8, 4) is 0 Å². The number of benzene rings is 2. The standard InChI is InChI=1S/C13H13ClN2O2S/c1-9-2-5-11(6-3-9)16-19(17,18)13-7-4-10(14)8-12(13)15/h2-8,16H,15H2,1H3. The molecule has 2 rings (SSSR count). The van der Waals surface area contributed by atoms with Crippen molar-refractivity contribution in [1.82, 2.24) is 0 Å². The predicted molar refractivity (Wildman–Crippen MR) is 77.9 cm³/mol. The van der Waals surface area contributed by atoms with Crippen LogP contribution in [-0.4, -0.2) is 8.42 Å². The molecule has 3 N–H and O–H groups in total. The van der Waals surface area contributed by atoms with Crippen LogP contribution in [0.15, 0.2) is 47.4 Å². The van der Waals surface area contributed by atoms with E-state index in [0.29, 0.717) is 10.7 Å². The molecule has 4 nitrogen and oxygen atoms in total. The minimum Gasteiger partial charge on any atom is -0.398 e. The highest BCUT2D eigenvalue weighted by Gasteiger charge is 2.17. The van der Waals surface area contributed by atoms with E-state index in [1.54, 1.807) is 12.1 Å². The lowest BCUT2D eigenvalue weighted by Crippen LogP contribution is -2.14. The van der Waals surface area contributed by atoms with Gasteiger partial charge >= 0.3 is 0 Å². The number of aryl methyl sites for hydroxylation is 1. The van der Waals surface area contributed by atoms with Crippen LogP contribution in [0.25, 0.3) is 0 Å². The fourth-order valence-electron chi connectivity index (χ4n) is 1.60. The second kappa shape index (κ2) is 5.11. The molecule has 19 heavy (non-hydrogen) atoms. The Morgan fingerprint density at radius 3 is 2.32 bits per heavy atom. The Bertz CT molecular complexity index is 697. The quantitative estimate of drug-likeness (QED) is 0.855. The molecule has 0 aliphatic rings. The lowest BCUT2D eigenvalue weighted by atomic mass is 10.2. The summed E-state index contributed by atoms with van der Waals surface area (Å²) in [5, 5.41) is 0.395. The van der Waals surface area contributed by atoms with Crippen molar-refractivity contribution < 1.29 is 8.42 Å². The van der Waals surface area contributed by atoms with Crippen LogP contribution in [0.1, 0.15) is 5.56 Å². The van der Waals surface area contributed by atoms with Crippen LogP contribution in [0.2, 0.25) is 5.02 Å². The summed E-state index contributed by atoms with van der Waals surface area (Å²) >= 11 is 5.75. The molecule has 6 heteroatoms. The third kappa shape index (κ3) is 3.19. The van der Waals surface area contributed by atoms with E-state index in [1.807, 2.05) is 19.1 Å². The molecule has 0 saturated heterocycles. The molecule has 0 atom stereocenters. The van der Waals surface area contributed by atoms with Crippen LogP contribution in [0.5, 0.6) is 0 Å². The maximum absolute atomic E-state index is 12.2. The molecule has 0 heterocycles. The number of rotatable bonds is 3. The first kappa shape index (κ1) is 13.7. The monoisotopic (exact) mass is 296 g/mol. The van der Waals surface area contributed by atoms with Gasteiger partial charge in [0.1, 0.15) is 4.90 Å². The average molecular weight is 297 g/mol. The fourth-order valence-corrected chi connectivity index (χ4v) is 2.95. The highest BCUT2D eigenvalue weighted by atomic mass is 35.5. The summed E-state index contributed by atoms with van der Waals surface area (Å²) in [6.45, 7) is 1.93. The molecule has 2 aromatic carbocycles. The summed E-state index contributed by atoms with van der Waals surface area (Å²) in [7, 11) is -3.71. The Balaban J connectivity index is 2.35. The number of anilines is 2. The van der Waals surface area contributed by atoms with Crippen molar-refractivity contribution in [2.24, 2.45) is 0 Å². The summed E-state index contributed by atoms with van der Waals surface area (Å²) in [4.78, 5) is 0.0116. The van der Waals surface area contributed by atoms with Crippen molar-refractivity contribution in [1.29, 1.82) is 0 Å². The lowest BCUT2D eigenvalue weighted by molar-refractivity contribution is 0.601. The second-order valence-electron chi connectivity index (χ2n) is 4.15. The average Bonchev–Trinajstić information content (AvgIpc) is 2.31. The molecule has 100 valence electrons. The van der Waals surface area contributed by atoms with Crippen LogP contribution < -0.4 is 10.5 Å². The zero-order chi connectivity index (χ0) is 14.0. The van der Waals surface area contributed by atoms with E-state index in [2.05, 4.69) is 4.72 Å². The first-order chi connectivity index (χ1) is 8.88. The highest BCUT2D eigenvalue weighted by Crippen LogP contribution is 2.24. The summed E-state index contributed by atoms with van der Waals surface area (Å²) in [6, 6.07) is 11.3. The molecule has 0 bridgehead atoms. The van der Waals surface area contributed by atoms with Crippen molar-refractivity contribution in [3.63, 3.8) is 0 Å². The zero-order valence-electron chi connectivity index (χ0n) is 10.2. The maximum Gasteiger partial charge on any atom is 0.263 e. The van der Waals surface area contributed by atoms with Crippen molar-refractivity contribution in [3.05, 3.63) is 53.1 Å². The van der Waals surface area contributed by atoms with Gasteiger partial charge in [-0.15, -0.1) is 0 Å². The van der Waals surface area contributed by atoms with Gasteiger partial charge < -0.3 is 5.73 Å². The van der Waals surface area contributed by atoms with E-state index in [9.17, 15) is 8.42 Å². The summed E-state index contributed by atoms with van der Waals surface area (Å²) < 4.78 is 26.8. The molecule has 0 spiro atoms. The van der Waals surface area contributed by atoms with Gasteiger partial charge in [-0.1, -0.05) is 29.3 Å². The van der Waals surface area contributed by atoms with Gasteiger partial charge in [-0.2, -0.15) is 0 Å². The number of nitrogens with two attached hydrogens (primary N) is 1. The van der Waals surface area contributed by atoms with E-state index in [1.165, 1.54) is 18.2 Å². The molecule has 0 fully saturated rings. The van der Waals surface area contributed by atoms with E-state index in [-0.39, 0.29) is 10.6 Å². The minimum absolute atomic E-state index is 0.0116. The minimum atomic E-state index is -3.71. The third-order valence-corrected chi connectivity index (χ3v) is 4.26. The van der Waals surface area contributed by atoms with E-state index >= 15 is 0 Å². The molecule has 0 aliphatic carbocycles. The Hall–Kier alpha value is -1.72. The van der Waals surface area contributed by atoms with Crippen molar-refractivity contribution in [2.45, 2.75) is 11.8 Å². The number of hydrogen-bond acceptors (Lipinski definition) is 3. The maximum atomic E-state index is 12.2. The predicted octanol–water partition coefficient (Wildman–Crippen LogP) is 3.03. The normalized spacial score (nSPS) is 11.3. The van der Waals surface area contributed by atoms with Crippen LogP contribution >= 0.6 is 11.6 Å². The molecule has 0 unspecified atom stereocenters. The number of nitrogen functional groups attached to an aromatic ring is 1. The van der Waals surface area contributed by atoms with Gasteiger partial charge in [0.2, 0.25) is 0 Å². The SMILES string of the molecule is Cc1ccc(NS(=O)(=O)c2ccc(Cl)cc2N)cc1. The smallest absolute Gasteiger partial charge is 0.263 e. The molecule has 0 radical (unpaired) electrons. The molecular formula is C13H13ClN2O2S. The topological polar surface area (TPSA) is 72.2 Å². The molecule has 0 aliphatic heterocycles. The summed E-state index contributed by atoms with van der Waals surface area (Å²) in [5.74, 6) is 0. The lowest BCUT2D eigenvalue weighted by Gasteiger charge is -2.10. The zero-order valence-corrected chi connectivity index (χ0v) is 11.8. The van der Waals surface area contributed by atoms with Crippen molar-refractivity contribution >= 4 is 33.0 Å². The fraction of sp³-hybridized carbons (Fsp3) is 0.0769. The first-order valence-corrected chi connectivity index (χ1v) is 7.39. The van der Waals surface area contributed by atoms with Crippen LogP contribution in [-0.2, 0) is 10.0 Å². The van der Waals surface area contributed by atoms with E-state index in [4.69, 9.17) is 17.3 Å². The molecule has 2 aromatic rings. The Labute approximate surface area is 117 Å². The van der Waals surface area contributed by atoms with Gasteiger partial charge in [0.25, 0.3) is 10.0 Å². The molecular weight excluding hydrogens is 284 g/mol. The summed E-state index contributed by atoms with van der Waals surface area (Å²) in [5.41, 5.74) is 7.34. The largest absolute Gasteiger partial charge is 0.398 e. The van der Waals surface area contributed by atoms with E-state index < -0.39 is 10.0 Å². The first-order valence-electron chi connectivity index (χ1n) is 5.53. The van der Waals surface area contributed by atoms with Crippen molar-refractivity contribution in [2.75, 3.05) is 10.5 Å². The number of nitrogens with one attached hydrogen (secondary N) is 1. The Morgan fingerprint density at radius 1 is 1.11 bits per heavy atom. The van der Waals surface area contributed by atoms with Gasteiger partial charge in [-0.25, -0.2) is 8.42 Å². The van der Waals surface area contributed by atoms with Gasteiger partial charge in [-0.3, -0.25) is 4.72 Å². The van der Waals surface area contributed by atoms with Crippen LogP contribution in [0, 0.1) is 6.92 Å². The number of halogens is 1.